The lowest BCUT2D eigenvalue weighted by Gasteiger charge is -2.38. The van der Waals surface area contributed by atoms with Gasteiger partial charge in [-0.05, 0) is 64.3 Å². The highest BCUT2D eigenvalue weighted by Gasteiger charge is 2.29. The molecule has 1 N–H and O–H groups in total. The monoisotopic (exact) mass is 420 g/mol. The van der Waals surface area contributed by atoms with Gasteiger partial charge < -0.3 is 19.1 Å². The first-order chi connectivity index (χ1) is 14.3. The van der Waals surface area contributed by atoms with E-state index < -0.39 is 24.6 Å². The minimum Gasteiger partial charge on any atom is -0.484 e. The maximum absolute atomic E-state index is 12.5. The van der Waals surface area contributed by atoms with Crippen LogP contribution < -0.4 is 10.1 Å². The Balaban J connectivity index is 1.80. The van der Waals surface area contributed by atoms with Crippen molar-refractivity contribution in [3.05, 3.63) is 29.8 Å². The molecule has 1 saturated heterocycles. The Bertz CT molecular complexity index is 753. The first kappa shape index (κ1) is 23.2. The molecule has 0 spiro atoms. The van der Waals surface area contributed by atoms with Crippen LogP contribution in [0.1, 0.15) is 50.4 Å². The predicted molar refractivity (Wildman–Crippen MR) is 107 cm³/mol. The zero-order valence-electron chi connectivity index (χ0n) is 17.5. The molecule has 0 saturated carbocycles. The predicted octanol–water partition coefficient (Wildman–Crippen LogP) is 2.28. The number of likely N-dealkylation sites (tertiary alicyclic amines) is 1. The number of carbonyl (C=O) groups excluding carboxylic acids is 4. The second-order valence-electron chi connectivity index (χ2n) is 7.09. The number of imide groups is 1. The summed E-state index contributed by atoms with van der Waals surface area (Å²) in [5.74, 6) is -1.14. The molecule has 1 aliphatic rings. The van der Waals surface area contributed by atoms with E-state index in [2.05, 4.69) is 4.74 Å². The maximum atomic E-state index is 12.5. The van der Waals surface area contributed by atoms with Crippen LogP contribution in [-0.4, -0.2) is 60.7 Å². The number of ether oxygens (including phenoxy) is 3. The normalized spacial score (nSPS) is 18.3. The minimum absolute atomic E-state index is 0.0641. The highest BCUT2D eigenvalue weighted by atomic mass is 16.6. The summed E-state index contributed by atoms with van der Waals surface area (Å²) >= 11 is 0. The Kier molecular flexibility index (Phi) is 8.64. The number of carbonyl (C=O) groups is 4. The summed E-state index contributed by atoms with van der Waals surface area (Å²) in [5.41, 5.74) is 0.205. The summed E-state index contributed by atoms with van der Waals surface area (Å²) in [7, 11) is 0. The number of alkyl carbamates (subject to hydrolysis) is 1. The highest BCUT2D eigenvalue weighted by molar-refractivity contribution is 5.95. The third-order valence-electron chi connectivity index (χ3n) is 4.79. The topological polar surface area (TPSA) is 111 Å². The third-order valence-corrected chi connectivity index (χ3v) is 4.79. The molecular weight excluding hydrogens is 392 g/mol. The summed E-state index contributed by atoms with van der Waals surface area (Å²) in [6.45, 7) is 5.11. The number of nitrogens with zero attached hydrogens (tertiary/aromatic N) is 1. The van der Waals surface area contributed by atoms with Gasteiger partial charge in [-0.2, -0.15) is 0 Å². The van der Waals surface area contributed by atoms with Gasteiger partial charge in [-0.3, -0.25) is 14.9 Å². The molecule has 0 radical (unpaired) electrons. The molecule has 1 aliphatic heterocycles. The number of esters is 1. The van der Waals surface area contributed by atoms with Crippen LogP contribution in [0.4, 0.5) is 4.79 Å². The summed E-state index contributed by atoms with van der Waals surface area (Å²) in [5, 5.41) is 1.92. The lowest BCUT2D eigenvalue weighted by atomic mass is 9.97. The van der Waals surface area contributed by atoms with Gasteiger partial charge in [-0.25, -0.2) is 9.59 Å². The summed E-state index contributed by atoms with van der Waals surface area (Å²) in [6.07, 6.45) is 2.20. The van der Waals surface area contributed by atoms with Gasteiger partial charge in [0, 0.05) is 12.1 Å². The van der Waals surface area contributed by atoms with Crippen LogP contribution in [0.2, 0.25) is 0 Å². The molecule has 0 aromatic heterocycles. The van der Waals surface area contributed by atoms with Gasteiger partial charge in [0.1, 0.15) is 5.75 Å². The molecule has 3 amide bonds. The SMILES string of the molecule is CCOC(=O)NC(=O)COC(=O)c1ccc(OCC(=O)N2C(C)CCCC2C)cc1. The molecule has 30 heavy (non-hydrogen) atoms. The number of hydrogen-bond donors (Lipinski definition) is 1. The number of nitrogens with one attached hydrogen (secondary N) is 1. The fourth-order valence-corrected chi connectivity index (χ4v) is 3.35. The zero-order chi connectivity index (χ0) is 22.1. The van der Waals surface area contributed by atoms with E-state index in [1.54, 1.807) is 19.1 Å². The first-order valence-electron chi connectivity index (χ1n) is 9.99. The molecular formula is C21H28N2O7. The van der Waals surface area contributed by atoms with Crippen molar-refractivity contribution in [2.24, 2.45) is 0 Å². The Hall–Kier alpha value is -3.10. The number of benzene rings is 1. The van der Waals surface area contributed by atoms with E-state index in [1.807, 2.05) is 24.1 Å². The van der Waals surface area contributed by atoms with Crippen LogP contribution in [0.5, 0.6) is 5.75 Å². The quantitative estimate of drug-likeness (QED) is 0.674. The fraction of sp³-hybridized carbons (Fsp3) is 0.524. The molecule has 1 aromatic rings. The third kappa shape index (κ3) is 6.75. The van der Waals surface area contributed by atoms with E-state index >= 15 is 0 Å². The van der Waals surface area contributed by atoms with Crippen molar-refractivity contribution >= 4 is 23.9 Å². The Morgan fingerprint density at radius 2 is 1.63 bits per heavy atom. The Morgan fingerprint density at radius 1 is 1.00 bits per heavy atom. The molecule has 1 fully saturated rings. The van der Waals surface area contributed by atoms with E-state index in [1.165, 1.54) is 12.1 Å². The van der Waals surface area contributed by atoms with Crippen molar-refractivity contribution in [2.45, 2.75) is 52.1 Å². The molecule has 1 aromatic carbocycles. The maximum Gasteiger partial charge on any atom is 0.413 e. The molecule has 0 bridgehead atoms. The van der Waals surface area contributed by atoms with Crippen LogP contribution in [-0.2, 0) is 19.1 Å². The smallest absolute Gasteiger partial charge is 0.413 e. The standard InChI is InChI=1S/C21H28N2O7/c1-4-28-21(27)22-18(24)12-30-20(26)16-8-10-17(11-9-16)29-13-19(25)23-14(2)6-5-7-15(23)3/h8-11,14-15H,4-7,12-13H2,1-3H3,(H,22,24,27). The van der Waals surface area contributed by atoms with Crippen LogP contribution in [0, 0.1) is 0 Å². The summed E-state index contributed by atoms with van der Waals surface area (Å²) in [4.78, 5) is 49.0. The second-order valence-corrected chi connectivity index (χ2v) is 7.09. The lowest BCUT2D eigenvalue weighted by molar-refractivity contribution is -0.139. The Morgan fingerprint density at radius 3 is 2.23 bits per heavy atom. The first-order valence-corrected chi connectivity index (χ1v) is 9.99. The number of hydrogen-bond acceptors (Lipinski definition) is 7. The molecule has 9 heteroatoms. The molecule has 2 atom stereocenters. The minimum atomic E-state index is -0.900. The molecule has 1 heterocycles. The summed E-state index contributed by atoms with van der Waals surface area (Å²) in [6, 6.07) is 6.43. The van der Waals surface area contributed by atoms with E-state index in [0.29, 0.717) is 5.75 Å². The lowest BCUT2D eigenvalue weighted by Crippen LogP contribution is -2.49. The highest BCUT2D eigenvalue weighted by Crippen LogP contribution is 2.23. The van der Waals surface area contributed by atoms with Crippen molar-refractivity contribution in [3.63, 3.8) is 0 Å². The molecule has 0 aliphatic carbocycles. The Labute approximate surface area is 175 Å². The van der Waals surface area contributed by atoms with Gasteiger partial charge in [0.05, 0.1) is 12.2 Å². The molecule has 2 rings (SSSR count). The average Bonchev–Trinajstić information content (AvgIpc) is 2.71. The van der Waals surface area contributed by atoms with Gasteiger partial charge in [0.15, 0.2) is 13.2 Å². The van der Waals surface area contributed by atoms with Crippen LogP contribution >= 0.6 is 0 Å². The van der Waals surface area contributed by atoms with Crippen molar-refractivity contribution in [1.82, 2.24) is 10.2 Å². The van der Waals surface area contributed by atoms with Gasteiger partial charge >= 0.3 is 12.1 Å². The largest absolute Gasteiger partial charge is 0.484 e. The van der Waals surface area contributed by atoms with E-state index in [-0.39, 0.29) is 36.8 Å². The molecule has 164 valence electrons. The summed E-state index contributed by atoms with van der Waals surface area (Å²) < 4.78 is 15.0. The molecule has 9 nitrogen and oxygen atoms in total. The van der Waals surface area contributed by atoms with E-state index in [4.69, 9.17) is 9.47 Å². The van der Waals surface area contributed by atoms with Crippen LogP contribution in [0.3, 0.4) is 0 Å². The van der Waals surface area contributed by atoms with Gasteiger partial charge in [-0.15, -0.1) is 0 Å². The number of piperidine rings is 1. The fourth-order valence-electron chi connectivity index (χ4n) is 3.35. The van der Waals surface area contributed by atoms with Crippen LogP contribution in [0.25, 0.3) is 0 Å². The van der Waals surface area contributed by atoms with E-state index in [0.717, 1.165) is 19.3 Å². The van der Waals surface area contributed by atoms with Gasteiger partial charge in [0.25, 0.3) is 11.8 Å². The molecule has 2 unspecified atom stereocenters. The van der Waals surface area contributed by atoms with Crippen molar-refractivity contribution in [2.75, 3.05) is 19.8 Å². The van der Waals surface area contributed by atoms with Gasteiger partial charge in [-0.1, -0.05) is 0 Å². The van der Waals surface area contributed by atoms with Gasteiger partial charge in [0.2, 0.25) is 0 Å². The van der Waals surface area contributed by atoms with Crippen molar-refractivity contribution < 1.29 is 33.4 Å². The van der Waals surface area contributed by atoms with E-state index in [9.17, 15) is 19.2 Å². The van der Waals surface area contributed by atoms with Crippen LogP contribution in [0.15, 0.2) is 24.3 Å². The van der Waals surface area contributed by atoms with Crippen molar-refractivity contribution in [3.8, 4) is 5.75 Å². The second kappa shape index (κ2) is 11.2. The number of amides is 3. The average molecular weight is 420 g/mol. The zero-order valence-corrected chi connectivity index (χ0v) is 17.5. The number of rotatable bonds is 7. The van der Waals surface area contributed by atoms with Crippen molar-refractivity contribution in [1.29, 1.82) is 0 Å².